The number of benzene rings is 1. The maximum absolute atomic E-state index is 13.7. The first-order valence-corrected chi connectivity index (χ1v) is 8.01. The molecule has 1 aliphatic carbocycles. The highest BCUT2D eigenvalue weighted by Gasteiger charge is 2.18. The van der Waals surface area contributed by atoms with Crippen LogP contribution in [0.4, 0.5) is 15.9 Å². The second-order valence-electron chi connectivity index (χ2n) is 5.81. The number of carbonyl (C=O) groups excluding carboxylic acids is 1. The van der Waals surface area contributed by atoms with E-state index in [0.29, 0.717) is 17.4 Å². The zero-order valence-corrected chi connectivity index (χ0v) is 12.9. The number of anilines is 2. The fourth-order valence-corrected chi connectivity index (χ4v) is 2.90. The van der Waals surface area contributed by atoms with E-state index in [0.717, 1.165) is 12.8 Å². The summed E-state index contributed by atoms with van der Waals surface area (Å²) in [4.78, 5) is 16.8. The number of amides is 1. The summed E-state index contributed by atoms with van der Waals surface area (Å²) in [6, 6.07) is 9.89. The molecule has 5 heteroatoms. The molecule has 0 spiro atoms. The van der Waals surface area contributed by atoms with Gasteiger partial charge in [-0.3, -0.25) is 4.79 Å². The normalized spacial score (nSPS) is 15.2. The molecule has 1 amide bonds. The molecule has 1 heterocycles. The molecule has 120 valence electrons. The third-order valence-corrected chi connectivity index (χ3v) is 4.12. The first-order valence-electron chi connectivity index (χ1n) is 8.01. The number of hydrogen-bond acceptors (Lipinski definition) is 3. The van der Waals surface area contributed by atoms with Crippen molar-refractivity contribution >= 4 is 17.4 Å². The van der Waals surface area contributed by atoms with Crippen LogP contribution in [0.15, 0.2) is 42.6 Å². The number of halogens is 1. The van der Waals surface area contributed by atoms with Gasteiger partial charge >= 0.3 is 0 Å². The number of rotatable bonds is 4. The van der Waals surface area contributed by atoms with Gasteiger partial charge in [0.2, 0.25) is 0 Å². The Morgan fingerprint density at radius 1 is 1.09 bits per heavy atom. The van der Waals surface area contributed by atoms with Gasteiger partial charge in [0.15, 0.2) is 0 Å². The van der Waals surface area contributed by atoms with Crippen LogP contribution in [-0.4, -0.2) is 16.9 Å². The molecule has 2 aromatic rings. The van der Waals surface area contributed by atoms with Crippen LogP contribution in [0, 0.1) is 5.82 Å². The Hall–Kier alpha value is -2.43. The fraction of sp³-hybridized carbons (Fsp3) is 0.333. The van der Waals surface area contributed by atoms with E-state index in [9.17, 15) is 9.18 Å². The van der Waals surface area contributed by atoms with Gasteiger partial charge in [-0.2, -0.15) is 0 Å². The van der Waals surface area contributed by atoms with Gasteiger partial charge in [-0.15, -0.1) is 0 Å². The molecule has 1 aliphatic rings. The summed E-state index contributed by atoms with van der Waals surface area (Å²) in [5.41, 5.74) is 0.603. The Morgan fingerprint density at radius 2 is 1.87 bits per heavy atom. The van der Waals surface area contributed by atoms with E-state index >= 15 is 0 Å². The molecule has 23 heavy (non-hydrogen) atoms. The zero-order chi connectivity index (χ0) is 16.1. The number of carbonyl (C=O) groups is 1. The van der Waals surface area contributed by atoms with Crippen molar-refractivity contribution in [3.63, 3.8) is 0 Å². The Bertz CT molecular complexity index is 683. The molecule has 4 nitrogen and oxygen atoms in total. The second-order valence-corrected chi connectivity index (χ2v) is 5.81. The minimum absolute atomic E-state index is 0.171. The van der Waals surface area contributed by atoms with Crippen LogP contribution in [0.1, 0.15) is 42.5 Å². The molecular weight excluding hydrogens is 293 g/mol. The van der Waals surface area contributed by atoms with Crippen molar-refractivity contribution in [2.24, 2.45) is 0 Å². The molecule has 0 unspecified atom stereocenters. The zero-order valence-electron chi connectivity index (χ0n) is 12.9. The molecule has 0 saturated heterocycles. The van der Waals surface area contributed by atoms with Crippen LogP contribution in [0.3, 0.4) is 0 Å². The molecule has 1 saturated carbocycles. The number of hydrogen-bond donors (Lipinski definition) is 2. The van der Waals surface area contributed by atoms with Gasteiger partial charge in [0.25, 0.3) is 5.91 Å². The predicted molar refractivity (Wildman–Crippen MR) is 89.1 cm³/mol. The molecule has 0 radical (unpaired) electrons. The first kappa shape index (κ1) is 15.5. The highest BCUT2D eigenvalue weighted by molar-refractivity contribution is 6.07. The lowest BCUT2D eigenvalue weighted by molar-refractivity contribution is 0.102. The molecular formula is C18H20FN3O. The molecule has 2 N–H and O–H groups in total. The number of nitrogens with one attached hydrogen (secondary N) is 2. The second kappa shape index (κ2) is 7.22. The molecule has 3 rings (SSSR count). The van der Waals surface area contributed by atoms with Crippen LogP contribution in [0.2, 0.25) is 0 Å². The van der Waals surface area contributed by atoms with Crippen LogP contribution in [0.5, 0.6) is 0 Å². The number of nitrogens with zero attached hydrogens (tertiary/aromatic N) is 1. The van der Waals surface area contributed by atoms with E-state index in [-0.39, 0.29) is 11.6 Å². The third-order valence-electron chi connectivity index (χ3n) is 4.12. The molecule has 0 atom stereocenters. The average Bonchev–Trinajstić information content (AvgIpc) is 2.58. The summed E-state index contributed by atoms with van der Waals surface area (Å²) in [5.74, 6) is -0.249. The Balaban J connectivity index is 1.76. The molecule has 1 aromatic heterocycles. The summed E-state index contributed by atoms with van der Waals surface area (Å²) in [6.07, 6.45) is 7.49. The number of para-hydroxylation sites is 1. The third kappa shape index (κ3) is 3.86. The van der Waals surface area contributed by atoms with Gasteiger partial charge in [-0.05, 0) is 37.1 Å². The summed E-state index contributed by atoms with van der Waals surface area (Å²) >= 11 is 0. The van der Waals surface area contributed by atoms with Crippen LogP contribution in [-0.2, 0) is 0 Å². The van der Waals surface area contributed by atoms with Crippen molar-refractivity contribution in [1.29, 1.82) is 0 Å². The van der Waals surface area contributed by atoms with Crippen molar-refractivity contribution in [3.8, 4) is 0 Å². The Kier molecular flexibility index (Phi) is 4.86. The van der Waals surface area contributed by atoms with Gasteiger partial charge in [0.05, 0.1) is 11.3 Å². The van der Waals surface area contributed by atoms with E-state index < -0.39 is 5.82 Å². The summed E-state index contributed by atoms with van der Waals surface area (Å²) < 4.78 is 13.7. The van der Waals surface area contributed by atoms with Gasteiger partial charge in [-0.25, -0.2) is 9.37 Å². The Morgan fingerprint density at radius 3 is 2.65 bits per heavy atom. The van der Waals surface area contributed by atoms with E-state index in [2.05, 4.69) is 15.6 Å². The van der Waals surface area contributed by atoms with Gasteiger partial charge < -0.3 is 10.6 Å². The van der Waals surface area contributed by atoms with Gasteiger partial charge in [-0.1, -0.05) is 31.4 Å². The minimum atomic E-state index is -0.452. The number of pyridine rings is 1. The highest BCUT2D eigenvalue weighted by Crippen LogP contribution is 2.23. The summed E-state index contributed by atoms with van der Waals surface area (Å²) in [5, 5.41) is 5.98. The first-order chi connectivity index (χ1) is 11.2. The maximum atomic E-state index is 13.7. The summed E-state index contributed by atoms with van der Waals surface area (Å²) in [7, 11) is 0. The topological polar surface area (TPSA) is 54.0 Å². The van der Waals surface area contributed by atoms with Crippen molar-refractivity contribution in [3.05, 3.63) is 54.0 Å². The van der Waals surface area contributed by atoms with Gasteiger partial charge in [0.1, 0.15) is 11.6 Å². The molecule has 1 aromatic carbocycles. The smallest absolute Gasteiger partial charge is 0.259 e. The number of aromatic nitrogens is 1. The van der Waals surface area contributed by atoms with Crippen LogP contribution >= 0.6 is 0 Å². The largest absolute Gasteiger partial charge is 0.367 e. The predicted octanol–water partition coefficient (Wildman–Crippen LogP) is 4.22. The minimum Gasteiger partial charge on any atom is -0.367 e. The monoisotopic (exact) mass is 313 g/mol. The standard InChI is InChI=1S/C18H20FN3O/c19-15-10-4-5-11-16(15)22-18(23)14-9-6-12-20-17(14)21-13-7-2-1-3-8-13/h4-6,9-13H,1-3,7-8H2,(H,20,21)(H,22,23). The van der Waals surface area contributed by atoms with Crippen LogP contribution < -0.4 is 10.6 Å². The lowest BCUT2D eigenvalue weighted by atomic mass is 9.95. The molecule has 1 fully saturated rings. The quantitative estimate of drug-likeness (QED) is 0.888. The van der Waals surface area contributed by atoms with Crippen molar-refractivity contribution in [2.75, 3.05) is 10.6 Å². The van der Waals surface area contributed by atoms with Gasteiger partial charge in [0, 0.05) is 12.2 Å². The van der Waals surface area contributed by atoms with E-state index in [1.165, 1.54) is 31.4 Å². The average molecular weight is 313 g/mol. The maximum Gasteiger partial charge on any atom is 0.259 e. The molecule has 0 bridgehead atoms. The highest BCUT2D eigenvalue weighted by atomic mass is 19.1. The van der Waals surface area contributed by atoms with Crippen molar-refractivity contribution in [1.82, 2.24) is 4.98 Å². The fourth-order valence-electron chi connectivity index (χ4n) is 2.90. The lowest BCUT2D eigenvalue weighted by Crippen LogP contribution is -2.25. The van der Waals surface area contributed by atoms with E-state index in [1.54, 1.807) is 30.5 Å². The van der Waals surface area contributed by atoms with E-state index in [1.807, 2.05) is 0 Å². The summed E-state index contributed by atoms with van der Waals surface area (Å²) in [6.45, 7) is 0. The van der Waals surface area contributed by atoms with Crippen molar-refractivity contribution in [2.45, 2.75) is 38.1 Å². The van der Waals surface area contributed by atoms with E-state index in [4.69, 9.17) is 0 Å². The lowest BCUT2D eigenvalue weighted by Gasteiger charge is -2.24. The molecule has 0 aliphatic heterocycles. The van der Waals surface area contributed by atoms with Crippen molar-refractivity contribution < 1.29 is 9.18 Å². The van der Waals surface area contributed by atoms with Crippen LogP contribution in [0.25, 0.3) is 0 Å². The SMILES string of the molecule is O=C(Nc1ccccc1F)c1cccnc1NC1CCCCC1. The Labute approximate surface area is 135 Å².